The number of benzene rings is 1. The summed E-state index contributed by atoms with van der Waals surface area (Å²) in [6.45, 7) is 8.12. The van der Waals surface area contributed by atoms with E-state index in [0.717, 1.165) is 31.0 Å². The first-order valence-corrected chi connectivity index (χ1v) is 8.29. The second-order valence-corrected chi connectivity index (χ2v) is 6.39. The van der Waals surface area contributed by atoms with Crippen LogP contribution in [-0.4, -0.2) is 22.7 Å². The Kier molecular flexibility index (Phi) is 4.22. The zero-order valence-electron chi connectivity index (χ0n) is 12.7. The largest absolute Gasteiger partial charge is 0.493 e. The first-order valence-electron chi connectivity index (χ1n) is 7.52. The van der Waals surface area contributed by atoms with Crippen molar-refractivity contribution in [1.29, 1.82) is 0 Å². The third kappa shape index (κ3) is 2.68. The molecule has 0 aliphatic carbocycles. The Balaban J connectivity index is 2.07. The average Bonchev–Trinajstić information content (AvgIpc) is 3.12. The van der Waals surface area contributed by atoms with E-state index in [1.807, 2.05) is 0 Å². The van der Waals surface area contributed by atoms with E-state index in [2.05, 4.69) is 53.9 Å². The molecule has 1 aliphatic heterocycles. The van der Waals surface area contributed by atoms with Crippen molar-refractivity contribution in [3.05, 3.63) is 39.9 Å². The lowest BCUT2D eigenvalue weighted by atomic mass is 9.97. The van der Waals surface area contributed by atoms with Gasteiger partial charge in [0.2, 0.25) is 0 Å². The molecule has 1 aliphatic rings. The molecule has 21 heavy (non-hydrogen) atoms. The summed E-state index contributed by atoms with van der Waals surface area (Å²) >= 11 is 1.49. The molecule has 4 nitrogen and oxygen atoms in total. The highest BCUT2D eigenvalue weighted by Gasteiger charge is 2.27. The van der Waals surface area contributed by atoms with E-state index in [-0.39, 0.29) is 6.04 Å². The molecule has 0 bridgehead atoms. The standard InChI is InChI=1S/C16H21N3OS/c1-4-17-14(16-13(10(2)3)18-19-21-16)12-7-5-6-11-8-9-20-15(11)12/h5-7,10,14,17H,4,8-9H2,1-3H3. The lowest BCUT2D eigenvalue weighted by Crippen LogP contribution is -2.23. The molecule has 0 saturated heterocycles. The van der Waals surface area contributed by atoms with Gasteiger partial charge < -0.3 is 10.1 Å². The summed E-state index contributed by atoms with van der Waals surface area (Å²) in [7, 11) is 0. The lowest BCUT2D eigenvalue weighted by molar-refractivity contribution is 0.350. The van der Waals surface area contributed by atoms with Gasteiger partial charge >= 0.3 is 0 Å². The second-order valence-electron chi connectivity index (χ2n) is 5.60. The monoisotopic (exact) mass is 303 g/mol. The maximum Gasteiger partial charge on any atom is 0.127 e. The van der Waals surface area contributed by atoms with E-state index in [1.54, 1.807) is 0 Å². The number of para-hydroxylation sites is 1. The van der Waals surface area contributed by atoms with E-state index < -0.39 is 0 Å². The molecular weight excluding hydrogens is 282 g/mol. The number of nitrogens with zero attached hydrogens (tertiary/aromatic N) is 2. The summed E-state index contributed by atoms with van der Waals surface area (Å²) in [6.07, 6.45) is 1.000. The summed E-state index contributed by atoms with van der Waals surface area (Å²) in [5.41, 5.74) is 3.60. The maximum absolute atomic E-state index is 5.88. The van der Waals surface area contributed by atoms with Crippen LogP contribution < -0.4 is 10.1 Å². The number of aromatic nitrogens is 2. The van der Waals surface area contributed by atoms with Crippen molar-refractivity contribution in [1.82, 2.24) is 14.9 Å². The fourth-order valence-electron chi connectivity index (χ4n) is 2.82. The minimum Gasteiger partial charge on any atom is -0.493 e. The van der Waals surface area contributed by atoms with E-state index in [4.69, 9.17) is 4.74 Å². The number of nitrogens with one attached hydrogen (secondary N) is 1. The van der Waals surface area contributed by atoms with E-state index in [1.165, 1.54) is 27.5 Å². The third-order valence-electron chi connectivity index (χ3n) is 3.81. The number of hydrogen-bond acceptors (Lipinski definition) is 5. The highest BCUT2D eigenvalue weighted by molar-refractivity contribution is 7.05. The molecule has 2 heterocycles. The van der Waals surface area contributed by atoms with Crippen molar-refractivity contribution >= 4 is 11.5 Å². The Morgan fingerprint density at radius 1 is 1.38 bits per heavy atom. The van der Waals surface area contributed by atoms with Crippen molar-refractivity contribution in [2.75, 3.05) is 13.2 Å². The van der Waals surface area contributed by atoms with Gasteiger partial charge in [-0.2, -0.15) is 0 Å². The van der Waals surface area contributed by atoms with Gasteiger partial charge in [0, 0.05) is 12.0 Å². The normalized spacial score (nSPS) is 15.0. The van der Waals surface area contributed by atoms with Crippen molar-refractivity contribution < 1.29 is 4.74 Å². The smallest absolute Gasteiger partial charge is 0.127 e. The molecule has 0 saturated carbocycles. The molecule has 1 aromatic carbocycles. The molecule has 1 N–H and O–H groups in total. The highest BCUT2D eigenvalue weighted by Crippen LogP contribution is 2.38. The SMILES string of the molecule is CCNC(c1cccc2c1OCC2)c1snnc1C(C)C. The van der Waals surface area contributed by atoms with Crippen LogP contribution in [0.15, 0.2) is 18.2 Å². The van der Waals surface area contributed by atoms with Crippen LogP contribution in [0.2, 0.25) is 0 Å². The van der Waals surface area contributed by atoms with Crippen LogP contribution in [0.4, 0.5) is 0 Å². The topological polar surface area (TPSA) is 47.0 Å². The van der Waals surface area contributed by atoms with Gasteiger partial charge in [-0.1, -0.05) is 43.5 Å². The molecule has 112 valence electrons. The zero-order valence-corrected chi connectivity index (χ0v) is 13.5. The quantitative estimate of drug-likeness (QED) is 0.920. The number of rotatable bonds is 5. The van der Waals surface area contributed by atoms with Crippen LogP contribution in [0.5, 0.6) is 5.75 Å². The number of fused-ring (bicyclic) bond motifs is 1. The van der Waals surface area contributed by atoms with Gasteiger partial charge in [-0.25, -0.2) is 0 Å². The third-order valence-corrected chi connectivity index (χ3v) is 4.62. The predicted octanol–water partition coefficient (Wildman–Crippen LogP) is 3.30. The molecule has 3 rings (SSSR count). The first-order chi connectivity index (χ1) is 10.2. The summed E-state index contributed by atoms with van der Waals surface area (Å²) < 4.78 is 10.1. The van der Waals surface area contributed by atoms with Crippen molar-refractivity contribution in [3.8, 4) is 5.75 Å². The Bertz CT molecular complexity index is 624. The molecule has 2 aromatic rings. The van der Waals surface area contributed by atoms with E-state index in [9.17, 15) is 0 Å². The molecule has 0 radical (unpaired) electrons. The van der Waals surface area contributed by atoms with Crippen molar-refractivity contribution in [2.45, 2.75) is 39.2 Å². The zero-order chi connectivity index (χ0) is 14.8. The van der Waals surface area contributed by atoms with Crippen molar-refractivity contribution in [3.63, 3.8) is 0 Å². The highest BCUT2D eigenvalue weighted by atomic mass is 32.1. The number of hydrogen-bond donors (Lipinski definition) is 1. The Morgan fingerprint density at radius 2 is 2.24 bits per heavy atom. The molecule has 1 aromatic heterocycles. The first kappa shape index (κ1) is 14.5. The van der Waals surface area contributed by atoms with Gasteiger partial charge in [-0.05, 0) is 29.6 Å². The van der Waals surface area contributed by atoms with Gasteiger partial charge in [-0.3, -0.25) is 0 Å². The van der Waals surface area contributed by atoms with Crippen LogP contribution in [0.3, 0.4) is 0 Å². The fourth-order valence-corrected chi connectivity index (χ4v) is 3.72. The van der Waals surface area contributed by atoms with Crippen molar-refractivity contribution in [2.24, 2.45) is 0 Å². The Hall–Kier alpha value is -1.46. The molecule has 0 amide bonds. The van der Waals surface area contributed by atoms with Crippen LogP contribution in [-0.2, 0) is 6.42 Å². The minimum absolute atomic E-state index is 0.112. The van der Waals surface area contributed by atoms with Crippen LogP contribution in [0, 0.1) is 0 Å². The molecular formula is C16H21N3OS. The van der Waals surface area contributed by atoms with Gasteiger partial charge in [-0.15, -0.1) is 5.10 Å². The molecule has 1 unspecified atom stereocenters. The lowest BCUT2D eigenvalue weighted by Gasteiger charge is -2.20. The van der Waals surface area contributed by atoms with Crippen LogP contribution >= 0.6 is 11.5 Å². The Morgan fingerprint density at radius 3 is 3.00 bits per heavy atom. The van der Waals surface area contributed by atoms with E-state index >= 15 is 0 Å². The molecule has 0 spiro atoms. The summed E-state index contributed by atoms with van der Waals surface area (Å²) in [5, 5.41) is 7.90. The van der Waals surface area contributed by atoms with Crippen LogP contribution in [0.1, 0.15) is 54.4 Å². The fraction of sp³-hybridized carbons (Fsp3) is 0.500. The van der Waals surface area contributed by atoms with Gasteiger partial charge in [0.15, 0.2) is 0 Å². The second kappa shape index (κ2) is 6.12. The minimum atomic E-state index is 0.112. The Labute approximate surface area is 129 Å². The van der Waals surface area contributed by atoms with Gasteiger partial charge in [0.05, 0.1) is 23.2 Å². The maximum atomic E-state index is 5.88. The molecule has 0 fully saturated rings. The summed E-state index contributed by atoms with van der Waals surface area (Å²) in [4.78, 5) is 1.20. The van der Waals surface area contributed by atoms with Gasteiger partial charge in [0.25, 0.3) is 0 Å². The molecule has 5 heteroatoms. The van der Waals surface area contributed by atoms with Gasteiger partial charge in [0.1, 0.15) is 5.75 Å². The summed E-state index contributed by atoms with van der Waals surface area (Å²) in [6, 6.07) is 6.54. The van der Waals surface area contributed by atoms with Crippen LogP contribution in [0.25, 0.3) is 0 Å². The van der Waals surface area contributed by atoms with E-state index in [0.29, 0.717) is 5.92 Å². The summed E-state index contributed by atoms with van der Waals surface area (Å²) in [5.74, 6) is 1.42. The average molecular weight is 303 g/mol. The molecule has 1 atom stereocenters. The predicted molar refractivity (Wildman–Crippen MR) is 85.2 cm³/mol. The number of ether oxygens (including phenoxy) is 1.